The Hall–Kier alpha value is -2.70. The zero-order valence-electron chi connectivity index (χ0n) is 18.0. The molecule has 0 aliphatic carbocycles. The molecule has 1 amide bonds. The highest BCUT2D eigenvalue weighted by Gasteiger charge is 2.27. The van der Waals surface area contributed by atoms with Crippen LogP contribution in [0.15, 0.2) is 24.3 Å². The Morgan fingerprint density at radius 3 is 2.00 bits per heavy atom. The summed E-state index contributed by atoms with van der Waals surface area (Å²) in [6, 6.07) is 5.15. The number of hydrogen-bond donors (Lipinski definition) is 1. The molecular weight excluding hydrogens is 374 g/mol. The second kappa shape index (κ2) is 10.2. The highest BCUT2D eigenvalue weighted by molar-refractivity contribution is 5.97. The molecule has 0 aliphatic heterocycles. The Labute approximate surface area is 172 Å². The normalized spacial score (nSPS) is 12.6. The SMILES string of the molecule is CC(C)(C)OC(=O)CCC[C@H](NC(=O)c1ccc(C=O)cc1)C(=O)OC(C)(C)C. The fourth-order valence-electron chi connectivity index (χ4n) is 2.42. The van der Waals surface area contributed by atoms with Crippen molar-refractivity contribution in [1.82, 2.24) is 5.32 Å². The highest BCUT2D eigenvalue weighted by atomic mass is 16.6. The van der Waals surface area contributed by atoms with Gasteiger partial charge in [-0.15, -0.1) is 0 Å². The Morgan fingerprint density at radius 2 is 1.52 bits per heavy atom. The zero-order chi connectivity index (χ0) is 22.2. The number of hydrogen-bond acceptors (Lipinski definition) is 6. The first-order valence-corrected chi connectivity index (χ1v) is 9.61. The summed E-state index contributed by atoms with van der Waals surface area (Å²) in [5.41, 5.74) is -0.528. The minimum absolute atomic E-state index is 0.125. The minimum atomic E-state index is -0.907. The summed E-state index contributed by atoms with van der Waals surface area (Å²) in [5.74, 6) is -1.40. The molecule has 1 atom stereocenters. The molecule has 7 heteroatoms. The standard InChI is InChI=1S/C22H31NO6/c1-21(2,3)28-18(25)9-7-8-17(20(27)29-22(4,5)6)23-19(26)16-12-10-15(14-24)11-13-16/h10-14,17H,7-9H2,1-6H3,(H,23,26)/t17-/m0/s1. The van der Waals surface area contributed by atoms with E-state index in [1.165, 1.54) is 24.3 Å². The molecule has 29 heavy (non-hydrogen) atoms. The summed E-state index contributed by atoms with van der Waals surface area (Å²) in [7, 11) is 0. The predicted octanol–water partition coefficient (Wildman–Crippen LogP) is 3.45. The van der Waals surface area contributed by atoms with Gasteiger partial charge in [0.15, 0.2) is 0 Å². The molecule has 1 aromatic carbocycles. The van der Waals surface area contributed by atoms with Crippen LogP contribution in [0, 0.1) is 0 Å². The molecule has 0 unspecified atom stereocenters. The second-order valence-corrected chi connectivity index (χ2v) is 8.78. The first kappa shape index (κ1) is 24.3. The van der Waals surface area contributed by atoms with E-state index in [2.05, 4.69) is 5.32 Å². The monoisotopic (exact) mass is 405 g/mol. The lowest BCUT2D eigenvalue weighted by molar-refractivity contribution is -0.159. The molecular formula is C22H31NO6. The summed E-state index contributed by atoms with van der Waals surface area (Å²) < 4.78 is 10.7. The molecule has 0 saturated carbocycles. The topological polar surface area (TPSA) is 98.8 Å². The lowest BCUT2D eigenvalue weighted by Gasteiger charge is -2.25. The number of esters is 2. The largest absolute Gasteiger partial charge is 0.460 e. The molecule has 160 valence electrons. The number of amides is 1. The van der Waals surface area contributed by atoms with E-state index >= 15 is 0 Å². The summed E-state index contributed by atoms with van der Waals surface area (Å²) in [6.07, 6.45) is 1.39. The minimum Gasteiger partial charge on any atom is -0.460 e. The van der Waals surface area contributed by atoms with Gasteiger partial charge in [-0.3, -0.25) is 14.4 Å². The van der Waals surface area contributed by atoms with Crippen molar-refractivity contribution in [2.75, 3.05) is 0 Å². The molecule has 0 aromatic heterocycles. The van der Waals surface area contributed by atoms with Gasteiger partial charge < -0.3 is 14.8 Å². The average Bonchev–Trinajstić information content (AvgIpc) is 2.57. The van der Waals surface area contributed by atoms with E-state index in [-0.39, 0.29) is 18.8 Å². The molecule has 0 fully saturated rings. The number of rotatable bonds is 8. The van der Waals surface area contributed by atoms with Crippen LogP contribution in [0.2, 0.25) is 0 Å². The van der Waals surface area contributed by atoms with Crippen molar-refractivity contribution in [2.24, 2.45) is 0 Å². The van der Waals surface area contributed by atoms with Gasteiger partial charge in [-0.1, -0.05) is 12.1 Å². The van der Waals surface area contributed by atoms with Crippen LogP contribution in [0.25, 0.3) is 0 Å². The highest BCUT2D eigenvalue weighted by Crippen LogP contribution is 2.14. The van der Waals surface area contributed by atoms with Crippen LogP contribution in [-0.2, 0) is 19.1 Å². The van der Waals surface area contributed by atoms with E-state index < -0.39 is 29.1 Å². The molecule has 0 heterocycles. The van der Waals surface area contributed by atoms with Crippen molar-refractivity contribution in [2.45, 2.75) is 78.0 Å². The maximum atomic E-state index is 12.5. The van der Waals surface area contributed by atoms with Crippen LogP contribution in [0.1, 0.15) is 81.5 Å². The number of ether oxygens (including phenoxy) is 2. The summed E-state index contributed by atoms with van der Waals surface area (Å²) in [6.45, 7) is 10.6. The van der Waals surface area contributed by atoms with Crippen molar-refractivity contribution in [1.29, 1.82) is 0 Å². The van der Waals surface area contributed by atoms with Crippen LogP contribution in [-0.4, -0.2) is 41.4 Å². The van der Waals surface area contributed by atoms with Gasteiger partial charge in [0, 0.05) is 17.5 Å². The Balaban J connectivity index is 2.79. The van der Waals surface area contributed by atoms with Crippen molar-refractivity contribution in [3.63, 3.8) is 0 Å². The molecule has 0 aliphatic rings. The summed E-state index contributed by atoms with van der Waals surface area (Å²) in [4.78, 5) is 47.7. The lowest BCUT2D eigenvalue weighted by atomic mass is 10.1. The fraction of sp³-hybridized carbons (Fsp3) is 0.545. The lowest BCUT2D eigenvalue weighted by Crippen LogP contribution is -2.44. The van der Waals surface area contributed by atoms with Gasteiger partial charge in [-0.05, 0) is 66.5 Å². The number of carbonyl (C=O) groups is 4. The molecule has 1 N–H and O–H groups in total. The summed E-state index contributed by atoms with van der Waals surface area (Å²) >= 11 is 0. The number of nitrogens with one attached hydrogen (secondary N) is 1. The second-order valence-electron chi connectivity index (χ2n) is 8.78. The average molecular weight is 405 g/mol. The number of benzene rings is 1. The van der Waals surface area contributed by atoms with Crippen LogP contribution < -0.4 is 5.32 Å². The van der Waals surface area contributed by atoms with Gasteiger partial charge in [0.2, 0.25) is 0 Å². The molecule has 0 spiro atoms. The van der Waals surface area contributed by atoms with Gasteiger partial charge in [0.25, 0.3) is 5.91 Å². The van der Waals surface area contributed by atoms with Gasteiger partial charge in [0.1, 0.15) is 23.5 Å². The van der Waals surface area contributed by atoms with E-state index in [9.17, 15) is 19.2 Å². The van der Waals surface area contributed by atoms with Crippen LogP contribution in [0.4, 0.5) is 0 Å². The third-order valence-electron chi connectivity index (χ3n) is 3.60. The van der Waals surface area contributed by atoms with Crippen LogP contribution >= 0.6 is 0 Å². The van der Waals surface area contributed by atoms with Gasteiger partial charge in [0.05, 0.1) is 0 Å². The molecule has 1 rings (SSSR count). The smallest absolute Gasteiger partial charge is 0.329 e. The van der Waals surface area contributed by atoms with E-state index in [4.69, 9.17) is 9.47 Å². The first-order valence-electron chi connectivity index (χ1n) is 9.61. The van der Waals surface area contributed by atoms with Crippen molar-refractivity contribution in [3.05, 3.63) is 35.4 Å². The van der Waals surface area contributed by atoms with E-state index in [0.717, 1.165) is 0 Å². The summed E-state index contributed by atoms with van der Waals surface area (Å²) in [5, 5.41) is 2.66. The van der Waals surface area contributed by atoms with Crippen LogP contribution in [0.5, 0.6) is 0 Å². The number of aldehydes is 1. The maximum Gasteiger partial charge on any atom is 0.329 e. The van der Waals surface area contributed by atoms with E-state index in [1.54, 1.807) is 41.5 Å². The van der Waals surface area contributed by atoms with Gasteiger partial charge >= 0.3 is 11.9 Å². The maximum absolute atomic E-state index is 12.5. The molecule has 0 saturated heterocycles. The number of carbonyl (C=O) groups excluding carboxylic acids is 4. The Morgan fingerprint density at radius 1 is 0.966 bits per heavy atom. The third-order valence-corrected chi connectivity index (χ3v) is 3.60. The van der Waals surface area contributed by atoms with Gasteiger partial charge in [-0.25, -0.2) is 4.79 Å². The van der Waals surface area contributed by atoms with E-state index in [1.807, 2.05) is 0 Å². The van der Waals surface area contributed by atoms with Crippen molar-refractivity contribution in [3.8, 4) is 0 Å². The van der Waals surface area contributed by atoms with Crippen molar-refractivity contribution < 1.29 is 28.7 Å². The Bertz CT molecular complexity index is 725. The molecule has 1 aromatic rings. The predicted molar refractivity (Wildman–Crippen MR) is 109 cm³/mol. The van der Waals surface area contributed by atoms with Crippen LogP contribution in [0.3, 0.4) is 0 Å². The first-order chi connectivity index (χ1) is 13.3. The zero-order valence-corrected chi connectivity index (χ0v) is 18.0. The molecule has 0 bridgehead atoms. The quantitative estimate of drug-likeness (QED) is 0.525. The fourth-order valence-corrected chi connectivity index (χ4v) is 2.42. The molecule has 0 radical (unpaired) electrons. The third kappa shape index (κ3) is 9.87. The Kier molecular flexibility index (Phi) is 8.55. The van der Waals surface area contributed by atoms with Gasteiger partial charge in [-0.2, -0.15) is 0 Å². The van der Waals surface area contributed by atoms with Crippen molar-refractivity contribution >= 4 is 24.1 Å². The van der Waals surface area contributed by atoms with E-state index in [0.29, 0.717) is 23.8 Å². The molecule has 7 nitrogen and oxygen atoms in total.